The van der Waals surface area contributed by atoms with Crippen molar-refractivity contribution in [2.75, 3.05) is 0 Å². The van der Waals surface area contributed by atoms with Crippen LogP contribution in [0.25, 0.3) is 0 Å². The number of thiophene rings is 1. The van der Waals surface area contributed by atoms with Crippen molar-refractivity contribution in [2.24, 2.45) is 5.10 Å². The summed E-state index contributed by atoms with van der Waals surface area (Å²) in [6.45, 7) is 8.09. The molecule has 4 heteroatoms. The van der Waals surface area contributed by atoms with E-state index in [1.807, 2.05) is 32.2 Å². The van der Waals surface area contributed by atoms with Crippen LogP contribution in [0.3, 0.4) is 0 Å². The number of hydrogen-bond acceptors (Lipinski definition) is 3. The summed E-state index contributed by atoms with van der Waals surface area (Å²) in [5, 5.41) is 5.98. The van der Waals surface area contributed by atoms with Crippen molar-refractivity contribution in [1.82, 2.24) is 5.43 Å². The molecule has 0 aliphatic carbocycles. The number of aryl methyl sites for hydroxylation is 4. The van der Waals surface area contributed by atoms with Crippen LogP contribution in [-0.4, -0.2) is 12.1 Å². The molecule has 0 bridgehead atoms. The third-order valence-corrected chi connectivity index (χ3v) is 4.18. The van der Waals surface area contributed by atoms with Gasteiger partial charge in [0.25, 0.3) is 5.91 Å². The van der Waals surface area contributed by atoms with Gasteiger partial charge in [0, 0.05) is 5.56 Å². The Morgan fingerprint density at radius 3 is 2.35 bits per heavy atom. The Labute approximate surface area is 123 Å². The highest BCUT2D eigenvalue weighted by Gasteiger charge is 2.09. The van der Waals surface area contributed by atoms with Crippen LogP contribution in [0.4, 0.5) is 0 Å². The molecule has 0 fully saturated rings. The molecule has 3 nitrogen and oxygen atoms in total. The van der Waals surface area contributed by atoms with Gasteiger partial charge in [0.05, 0.1) is 11.1 Å². The molecular formula is C16H18N2OS. The van der Waals surface area contributed by atoms with Crippen LogP contribution in [0.15, 0.2) is 28.7 Å². The normalized spacial score (nSPS) is 11.0. The molecule has 0 atom stereocenters. The van der Waals surface area contributed by atoms with Crippen LogP contribution >= 0.6 is 11.3 Å². The lowest BCUT2D eigenvalue weighted by Gasteiger charge is -2.06. The van der Waals surface area contributed by atoms with Crippen molar-refractivity contribution in [2.45, 2.75) is 27.7 Å². The second-order valence-corrected chi connectivity index (χ2v) is 5.86. The molecule has 1 aromatic heterocycles. The number of nitrogens with one attached hydrogen (secondary N) is 1. The molecule has 2 aromatic rings. The molecule has 0 saturated heterocycles. The molecule has 1 aromatic carbocycles. The quantitative estimate of drug-likeness (QED) is 0.677. The van der Waals surface area contributed by atoms with Gasteiger partial charge < -0.3 is 0 Å². The zero-order chi connectivity index (χ0) is 14.7. The van der Waals surface area contributed by atoms with E-state index in [0.717, 1.165) is 22.3 Å². The van der Waals surface area contributed by atoms with Crippen LogP contribution in [0.5, 0.6) is 0 Å². The number of nitrogens with zero attached hydrogens (tertiary/aromatic N) is 1. The third kappa shape index (κ3) is 3.14. The van der Waals surface area contributed by atoms with Gasteiger partial charge >= 0.3 is 0 Å². The zero-order valence-corrected chi connectivity index (χ0v) is 13.0. The maximum atomic E-state index is 11.9. The van der Waals surface area contributed by atoms with E-state index in [4.69, 9.17) is 0 Å². The number of benzene rings is 1. The lowest BCUT2D eigenvalue weighted by molar-refractivity contribution is 0.0958. The number of amides is 1. The summed E-state index contributed by atoms with van der Waals surface area (Å²) in [6.07, 6.45) is 1.71. The summed E-state index contributed by atoms with van der Waals surface area (Å²) < 4.78 is 0. The fourth-order valence-electron chi connectivity index (χ4n) is 2.21. The third-order valence-electron chi connectivity index (χ3n) is 3.17. The first kappa shape index (κ1) is 14.5. The van der Waals surface area contributed by atoms with Gasteiger partial charge in [-0.3, -0.25) is 4.79 Å². The summed E-state index contributed by atoms with van der Waals surface area (Å²) in [5.74, 6) is -0.156. The number of carbonyl (C=O) groups excluding carboxylic acids is 1. The van der Waals surface area contributed by atoms with E-state index in [-0.39, 0.29) is 5.91 Å². The first-order chi connectivity index (χ1) is 9.49. The molecule has 0 aliphatic rings. The fourth-order valence-corrected chi connectivity index (χ4v) is 3.02. The minimum Gasteiger partial charge on any atom is -0.266 e. The van der Waals surface area contributed by atoms with Crippen LogP contribution in [0, 0.1) is 27.7 Å². The predicted octanol–water partition coefficient (Wildman–Crippen LogP) is 3.75. The number of rotatable bonds is 3. The number of hydrazone groups is 1. The summed E-state index contributed by atoms with van der Waals surface area (Å²) in [6, 6.07) is 6.15. The molecule has 0 radical (unpaired) electrons. The standard InChI is InChI=1S/C16H18N2OS/c1-10-7-12(3)14(13(4)8-10)9-17-18-16(19)15-11(2)5-6-20-15/h5-9H,1-4H3,(H,18,19)/b17-9-. The predicted molar refractivity (Wildman–Crippen MR) is 84.8 cm³/mol. The van der Waals surface area contributed by atoms with E-state index in [0.29, 0.717) is 4.88 Å². The van der Waals surface area contributed by atoms with Gasteiger partial charge in [-0.1, -0.05) is 17.7 Å². The molecule has 0 saturated carbocycles. The van der Waals surface area contributed by atoms with E-state index in [1.54, 1.807) is 6.21 Å². The van der Waals surface area contributed by atoms with E-state index in [9.17, 15) is 4.79 Å². The molecule has 1 heterocycles. The Morgan fingerprint density at radius 1 is 1.15 bits per heavy atom. The average Bonchev–Trinajstić information content (AvgIpc) is 2.78. The highest BCUT2D eigenvalue weighted by atomic mass is 32.1. The molecule has 1 amide bonds. The first-order valence-electron chi connectivity index (χ1n) is 6.44. The second kappa shape index (κ2) is 6.01. The van der Waals surface area contributed by atoms with Gasteiger partial charge in [-0.25, -0.2) is 5.43 Å². The lowest BCUT2D eigenvalue weighted by Crippen LogP contribution is -2.17. The number of hydrogen-bond donors (Lipinski definition) is 1. The Hall–Kier alpha value is -1.94. The maximum Gasteiger partial charge on any atom is 0.281 e. The Balaban J connectivity index is 2.12. The van der Waals surface area contributed by atoms with Crippen molar-refractivity contribution in [3.8, 4) is 0 Å². The summed E-state index contributed by atoms with van der Waals surface area (Å²) >= 11 is 1.43. The zero-order valence-electron chi connectivity index (χ0n) is 12.2. The molecule has 0 spiro atoms. The van der Waals surface area contributed by atoms with E-state index >= 15 is 0 Å². The molecule has 104 valence electrons. The van der Waals surface area contributed by atoms with Crippen LogP contribution in [0.1, 0.15) is 37.5 Å². The van der Waals surface area contributed by atoms with Gasteiger partial charge in [-0.05, 0) is 55.8 Å². The SMILES string of the molecule is Cc1cc(C)c(/C=N\NC(=O)c2sccc2C)c(C)c1. The van der Waals surface area contributed by atoms with Crippen molar-refractivity contribution in [1.29, 1.82) is 0 Å². The first-order valence-corrected chi connectivity index (χ1v) is 7.32. The van der Waals surface area contributed by atoms with Crippen molar-refractivity contribution >= 4 is 23.5 Å². The van der Waals surface area contributed by atoms with Crippen LogP contribution < -0.4 is 5.43 Å². The van der Waals surface area contributed by atoms with E-state index in [2.05, 4.69) is 29.6 Å². The van der Waals surface area contributed by atoms with Crippen molar-refractivity contribution in [3.05, 3.63) is 56.3 Å². The maximum absolute atomic E-state index is 11.9. The van der Waals surface area contributed by atoms with Crippen molar-refractivity contribution in [3.63, 3.8) is 0 Å². The topological polar surface area (TPSA) is 41.5 Å². The van der Waals surface area contributed by atoms with Gasteiger partial charge in [0.2, 0.25) is 0 Å². The summed E-state index contributed by atoms with van der Waals surface area (Å²) in [4.78, 5) is 12.6. The Kier molecular flexibility index (Phi) is 4.35. The fraction of sp³-hybridized carbons (Fsp3) is 0.250. The van der Waals surface area contributed by atoms with Gasteiger partial charge in [-0.15, -0.1) is 11.3 Å². The van der Waals surface area contributed by atoms with Crippen molar-refractivity contribution < 1.29 is 4.79 Å². The molecule has 0 aliphatic heterocycles. The van der Waals surface area contributed by atoms with E-state index < -0.39 is 0 Å². The minimum atomic E-state index is -0.156. The van der Waals surface area contributed by atoms with Gasteiger partial charge in [-0.2, -0.15) is 5.10 Å². The number of carbonyl (C=O) groups is 1. The molecule has 1 N–H and O–H groups in total. The molecule has 2 rings (SSSR count). The molecule has 20 heavy (non-hydrogen) atoms. The Bertz CT molecular complexity index is 648. The lowest BCUT2D eigenvalue weighted by atomic mass is 10.0. The van der Waals surface area contributed by atoms with Gasteiger partial charge in [0.15, 0.2) is 0 Å². The summed E-state index contributed by atoms with van der Waals surface area (Å²) in [5.41, 5.74) is 8.17. The van der Waals surface area contributed by atoms with Crippen LogP contribution in [-0.2, 0) is 0 Å². The average molecular weight is 286 g/mol. The van der Waals surface area contributed by atoms with Crippen LogP contribution in [0.2, 0.25) is 0 Å². The monoisotopic (exact) mass is 286 g/mol. The van der Waals surface area contributed by atoms with Gasteiger partial charge in [0.1, 0.15) is 0 Å². The smallest absolute Gasteiger partial charge is 0.266 e. The second-order valence-electron chi connectivity index (χ2n) is 4.94. The van der Waals surface area contributed by atoms with E-state index in [1.165, 1.54) is 16.9 Å². The highest BCUT2D eigenvalue weighted by molar-refractivity contribution is 7.12. The highest BCUT2D eigenvalue weighted by Crippen LogP contribution is 2.16. The molecular weight excluding hydrogens is 268 g/mol. The summed E-state index contributed by atoms with van der Waals surface area (Å²) in [7, 11) is 0. The Morgan fingerprint density at radius 2 is 1.80 bits per heavy atom. The largest absolute Gasteiger partial charge is 0.281 e. The minimum absolute atomic E-state index is 0.156. The molecule has 0 unspecified atom stereocenters.